The molecule has 0 unspecified atom stereocenters. The van der Waals surface area contributed by atoms with E-state index in [1.165, 1.54) is 22.5 Å². The van der Waals surface area contributed by atoms with Crippen molar-refractivity contribution >= 4 is 39.4 Å². The van der Waals surface area contributed by atoms with E-state index in [2.05, 4.69) is 74.4 Å². The molecule has 0 atom stereocenters. The summed E-state index contributed by atoms with van der Waals surface area (Å²) in [6.45, 7) is 6.56. The predicted molar refractivity (Wildman–Crippen MR) is 133 cm³/mol. The number of imidazole rings is 1. The fourth-order valence-electron chi connectivity index (χ4n) is 4.41. The number of carbonyl (C=O) groups excluding carboxylic acids is 1. The number of carbonyl (C=O) groups is 1. The predicted octanol–water partition coefficient (Wildman–Crippen LogP) is 4.66. The molecule has 1 aliphatic heterocycles. The molecule has 0 spiro atoms. The summed E-state index contributed by atoms with van der Waals surface area (Å²) in [5, 5.41) is 12.7. The number of rotatable bonds is 6. The Balaban J connectivity index is 1.33. The van der Waals surface area contributed by atoms with Crippen molar-refractivity contribution in [3.8, 4) is 0 Å². The Hall–Kier alpha value is -3.26. The van der Waals surface area contributed by atoms with Gasteiger partial charge in [0.25, 0.3) is 0 Å². The lowest BCUT2D eigenvalue weighted by molar-refractivity contribution is -0.120. The maximum atomic E-state index is 12.8. The van der Waals surface area contributed by atoms with Crippen molar-refractivity contribution in [1.29, 1.82) is 0 Å². The number of benzene rings is 2. The Bertz CT molecular complexity index is 1270. The summed E-state index contributed by atoms with van der Waals surface area (Å²) in [6, 6.07) is 16.8. The third-order valence-electron chi connectivity index (χ3n) is 6.37. The standard InChI is InChI=1S/C25H28N6OS/c1-3-22-28-29-24(33-22)27-23(32)18-12-14-30(15-13-18)25-26-20-10-6-7-11-21(20)31(25)16-19-9-5-4-8-17(19)2/h4-11,18H,3,12-16H2,1-2H3,(H,27,29,32). The number of piperidine rings is 1. The van der Waals surface area contributed by atoms with Crippen molar-refractivity contribution in [3.63, 3.8) is 0 Å². The maximum absolute atomic E-state index is 12.8. The molecule has 7 nitrogen and oxygen atoms in total. The maximum Gasteiger partial charge on any atom is 0.229 e. The van der Waals surface area contributed by atoms with Crippen LogP contribution in [0.5, 0.6) is 0 Å². The van der Waals surface area contributed by atoms with Gasteiger partial charge in [-0.1, -0.05) is 54.7 Å². The van der Waals surface area contributed by atoms with E-state index in [0.29, 0.717) is 5.13 Å². The molecule has 3 heterocycles. The van der Waals surface area contributed by atoms with Gasteiger partial charge in [0, 0.05) is 19.0 Å². The lowest BCUT2D eigenvalue weighted by Gasteiger charge is -2.32. The number of anilines is 2. The van der Waals surface area contributed by atoms with E-state index in [4.69, 9.17) is 4.98 Å². The van der Waals surface area contributed by atoms with Gasteiger partial charge in [0.15, 0.2) is 0 Å². The van der Waals surface area contributed by atoms with E-state index < -0.39 is 0 Å². The van der Waals surface area contributed by atoms with Gasteiger partial charge in [0.05, 0.1) is 17.6 Å². The number of para-hydroxylation sites is 2. The fourth-order valence-corrected chi connectivity index (χ4v) is 5.10. The second kappa shape index (κ2) is 9.31. The zero-order valence-electron chi connectivity index (χ0n) is 19.0. The van der Waals surface area contributed by atoms with Crippen LogP contribution in [0.3, 0.4) is 0 Å². The van der Waals surface area contributed by atoms with Gasteiger partial charge in [-0.25, -0.2) is 4.98 Å². The summed E-state index contributed by atoms with van der Waals surface area (Å²) in [5.74, 6) is 1.00. The third kappa shape index (κ3) is 4.48. The Morgan fingerprint density at radius 2 is 1.85 bits per heavy atom. The molecule has 1 saturated heterocycles. The average molecular weight is 461 g/mol. The van der Waals surface area contributed by atoms with E-state index in [1.54, 1.807) is 0 Å². The summed E-state index contributed by atoms with van der Waals surface area (Å²) in [4.78, 5) is 20.1. The van der Waals surface area contributed by atoms with Crippen molar-refractivity contribution in [2.45, 2.75) is 39.7 Å². The van der Waals surface area contributed by atoms with Crippen LogP contribution < -0.4 is 10.2 Å². The summed E-state index contributed by atoms with van der Waals surface area (Å²) < 4.78 is 2.31. The van der Waals surface area contributed by atoms with Crippen molar-refractivity contribution in [2.75, 3.05) is 23.3 Å². The first-order valence-electron chi connectivity index (χ1n) is 11.5. The first-order valence-corrected chi connectivity index (χ1v) is 12.3. The fraction of sp³-hybridized carbons (Fsp3) is 0.360. The summed E-state index contributed by atoms with van der Waals surface area (Å²) in [5.41, 5.74) is 4.71. The zero-order chi connectivity index (χ0) is 22.8. The third-order valence-corrected chi connectivity index (χ3v) is 7.36. The van der Waals surface area contributed by atoms with Crippen LogP contribution in [0.25, 0.3) is 11.0 Å². The number of aromatic nitrogens is 4. The molecule has 1 aliphatic rings. The Morgan fingerprint density at radius 3 is 2.61 bits per heavy atom. The summed E-state index contributed by atoms with van der Waals surface area (Å²) in [6.07, 6.45) is 2.41. The van der Waals surface area contributed by atoms with E-state index in [-0.39, 0.29) is 11.8 Å². The molecular weight excluding hydrogens is 432 g/mol. The van der Waals surface area contributed by atoms with Gasteiger partial charge in [0.1, 0.15) is 5.01 Å². The molecule has 8 heteroatoms. The average Bonchev–Trinajstić information content (AvgIpc) is 3.45. The van der Waals surface area contributed by atoms with Crippen LogP contribution in [-0.2, 0) is 17.8 Å². The van der Waals surface area contributed by atoms with E-state index in [0.717, 1.165) is 60.9 Å². The van der Waals surface area contributed by atoms with Crippen LogP contribution in [0.2, 0.25) is 0 Å². The molecule has 0 saturated carbocycles. The van der Waals surface area contributed by atoms with Gasteiger partial charge in [-0.15, -0.1) is 10.2 Å². The second-order valence-electron chi connectivity index (χ2n) is 8.52. The molecule has 33 heavy (non-hydrogen) atoms. The molecule has 2 aromatic heterocycles. The first-order chi connectivity index (χ1) is 16.1. The van der Waals surface area contributed by atoms with Crippen LogP contribution in [0.15, 0.2) is 48.5 Å². The normalized spacial score (nSPS) is 14.7. The number of nitrogens with zero attached hydrogens (tertiary/aromatic N) is 5. The largest absolute Gasteiger partial charge is 0.342 e. The van der Waals surface area contributed by atoms with Gasteiger partial charge in [-0.3, -0.25) is 4.79 Å². The molecule has 2 aromatic carbocycles. The Morgan fingerprint density at radius 1 is 1.09 bits per heavy atom. The van der Waals surface area contributed by atoms with Gasteiger partial charge >= 0.3 is 0 Å². The SMILES string of the molecule is CCc1nnc(NC(=O)C2CCN(c3nc4ccccc4n3Cc3ccccc3C)CC2)s1. The lowest BCUT2D eigenvalue weighted by Crippen LogP contribution is -2.39. The molecule has 5 rings (SSSR count). The highest BCUT2D eigenvalue weighted by Gasteiger charge is 2.28. The van der Waals surface area contributed by atoms with Gasteiger partial charge < -0.3 is 14.8 Å². The Labute approximate surface area is 197 Å². The highest BCUT2D eigenvalue weighted by molar-refractivity contribution is 7.15. The van der Waals surface area contributed by atoms with E-state index in [1.807, 2.05) is 13.0 Å². The molecule has 0 radical (unpaired) electrons. The summed E-state index contributed by atoms with van der Waals surface area (Å²) in [7, 11) is 0. The van der Waals surface area contributed by atoms with Crippen LogP contribution in [0.4, 0.5) is 11.1 Å². The van der Waals surface area contributed by atoms with Crippen LogP contribution >= 0.6 is 11.3 Å². The number of hydrogen-bond acceptors (Lipinski definition) is 6. The number of nitrogens with one attached hydrogen (secondary N) is 1. The van der Waals surface area contributed by atoms with Crippen molar-refractivity contribution in [2.24, 2.45) is 5.92 Å². The quantitative estimate of drug-likeness (QED) is 0.453. The smallest absolute Gasteiger partial charge is 0.229 e. The van der Waals surface area contributed by atoms with Crippen LogP contribution in [0, 0.1) is 12.8 Å². The highest BCUT2D eigenvalue weighted by Crippen LogP contribution is 2.29. The molecule has 1 fully saturated rings. The zero-order valence-corrected chi connectivity index (χ0v) is 19.8. The topological polar surface area (TPSA) is 75.9 Å². The van der Waals surface area contributed by atoms with Crippen molar-refractivity contribution in [3.05, 3.63) is 64.7 Å². The van der Waals surface area contributed by atoms with Gasteiger partial charge in [-0.05, 0) is 49.4 Å². The first kappa shape index (κ1) is 21.6. The molecule has 0 bridgehead atoms. The number of fused-ring (bicyclic) bond motifs is 1. The van der Waals surface area contributed by atoms with E-state index >= 15 is 0 Å². The second-order valence-corrected chi connectivity index (χ2v) is 9.58. The lowest BCUT2D eigenvalue weighted by atomic mass is 9.96. The molecule has 170 valence electrons. The number of aryl methyl sites for hydroxylation is 2. The van der Waals surface area contributed by atoms with Crippen molar-refractivity contribution in [1.82, 2.24) is 19.7 Å². The molecule has 1 N–H and O–H groups in total. The van der Waals surface area contributed by atoms with Crippen LogP contribution in [0.1, 0.15) is 35.9 Å². The molecule has 0 aliphatic carbocycles. The molecule has 1 amide bonds. The summed E-state index contributed by atoms with van der Waals surface area (Å²) >= 11 is 1.45. The van der Waals surface area contributed by atoms with Gasteiger partial charge in [-0.2, -0.15) is 0 Å². The minimum Gasteiger partial charge on any atom is -0.342 e. The number of amides is 1. The Kier molecular flexibility index (Phi) is 6.09. The minimum absolute atomic E-state index is 0.0237. The molecule has 4 aromatic rings. The van der Waals surface area contributed by atoms with Gasteiger partial charge in [0.2, 0.25) is 17.0 Å². The van der Waals surface area contributed by atoms with Crippen molar-refractivity contribution < 1.29 is 4.79 Å². The van der Waals surface area contributed by atoms with E-state index in [9.17, 15) is 4.79 Å². The number of hydrogen-bond donors (Lipinski definition) is 1. The minimum atomic E-state index is -0.0237. The highest BCUT2D eigenvalue weighted by atomic mass is 32.1. The van der Waals surface area contributed by atoms with Crippen LogP contribution in [-0.4, -0.2) is 38.7 Å². The molecular formula is C25H28N6OS. The monoisotopic (exact) mass is 460 g/mol.